The van der Waals surface area contributed by atoms with Gasteiger partial charge in [0.1, 0.15) is 0 Å². The fourth-order valence-corrected chi connectivity index (χ4v) is 6.92. The first-order valence-corrected chi connectivity index (χ1v) is 12.4. The molecule has 0 fully saturated rings. The molecule has 36 heavy (non-hydrogen) atoms. The van der Waals surface area contributed by atoms with Crippen molar-refractivity contribution in [2.45, 2.75) is 12.8 Å². The third-order valence-corrected chi connectivity index (χ3v) is 8.28. The van der Waals surface area contributed by atoms with Crippen molar-refractivity contribution in [2.75, 3.05) is 0 Å². The molecule has 4 heterocycles. The summed E-state index contributed by atoms with van der Waals surface area (Å²) in [6, 6.07) is 26.2. The smallest absolute Gasteiger partial charge is 0.263 e. The molecule has 4 aromatic heterocycles. The van der Waals surface area contributed by atoms with Crippen LogP contribution in [0.15, 0.2) is 88.5 Å². The number of pyridine rings is 2. The molecule has 4 nitrogen and oxygen atoms in total. The van der Waals surface area contributed by atoms with Crippen molar-refractivity contribution in [1.29, 1.82) is 0 Å². The van der Waals surface area contributed by atoms with Gasteiger partial charge >= 0.3 is 0 Å². The zero-order valence-corrected chi connectivity index (χ0v) is 19.2. The van der Waals surface area contributed by atoms with Crippen LogP contribution in [0.2, 0.25) is 0 Å². The van der Waals surface area contributed by atoms with Gasteiger partial charge in [-0.25, -0.2) is 0 Å². The first kappa shape index (κ1) is 18.6. The zero-order chi connectivity index (χ0) is 23.7. The van der Waals surface area contributed by atoms with Gasteiger partial charge in [-0.1, -0.05) is 60.7 Å². The fourth-order valence-electron chi connectivity index (χ4n) is 6.92. The van der Waals surface area contributed by atoms with Crippen LogP contribution in [0.4, 0.5) is 0 Å². The van der Waals surface area contributed by atoms with Crippen LogP contribution in [0.3, 0.4) is 0 Å². The summed E-state index contributed by atoms with van der Waals surface area (Å²) in [5.74, 6) is 0. The Morgan fingerprint density at radius 3 is 1.89 bits per heavy atom. The minimum absolute atomic E-state index is 0.00494. The largest absolute Gasteiger partial charge is 0.275 e. The highest BCUT2D eigenvalue weighted by Crippen LogP contribution is 2.41. The van der Waals surface area contributed by atoms with E-state index >= 15 is 0 Å². The van der Waals surface area contributed by atoms with Gasteiger partial charge in [0.05, 0.1) is 22.1 Å². The second kappa shape index (κ2) is 6.10. The molecule has 1 aliphatic rings. The number of rotatable bonds is 0. The fraction of sp³-hybridized carbons (Fsp3) is 0.0625. The minimum atomic E-state index is 0.00494. The minimum Gasteiger partial charge on any atom is -0.275 e. The van der Waals surface area contributed by atoms with Gasteiger partial charge in [-0.15, -0.1) is 0 Å². The lowest BCUT2D eigenvalue weighted by Gasteiger charge is -2.09. The Hall–Kier alpha value is -4.70. The summed E-state index contributed by atoms with van der Waals surface area (Å²) in [6.45, 7) is 0. The molecule has 168 valence electrons. The standard InChI is InChI=1S/C32H18N2O2/c35-31-21-9-3-1-7-17(21)19-11-5-13-23-27-25(33(31)29(19)23)15-16-26-28(27)24-14-6-12-20-18-8-2-4-10-22(18)32(36)34(26)30(20)24/h1-5,7-13,15-16H,6,14H2. The number of aryl methyl sites for hydroxylation is 1. The molecule has 1 aliphatic carbocycles. The molecule has 0 amide bonds. The number of hydrogen-bond acceptors (Lipinski definition) is 2. The zero-order valence-electron chi connectivity index (χ0n) is 19.2. The van der Waals surface area contributed by atoms with Crippen molar-refractivity contribution in [3.05, 3.63) is 110 Å². The number of para-hydroxylation sites is 1. The topological polar surface area (TPSA) is 43.0 Å². The van der Waals surface area contributed by atoms with Crippen molar-refractivity contribution in [3.63, 3.8) is 0 Å². The van der Waals surface area contributed by atoms with E-state index in [2.05, 4.69) is 30.3 Å². The van der Waals surface area contributed by atoms with Crippen molar-refractivity contribution in [2.24, 2.45) is 0 Å². The van der Waals surface area contributed by atoms with E-state index in [0.717, 1.165) is 83.2 Å². The Morgan fingerprint density at radius 1 is 0.528 bits per heavy atom. The number of nitrogens with zero attached hydrogens (tertiary/aromatic N) is 2. The quantitative estimate of drug-likeness (QED) is 0.277. The molecule has 0 atom stereocenters. The van der Waals surface area contributed by atoms with Crippen LogP contribution < -0.4 is 16.3 Å². The number of aromatic nitrogens is 2. The molecule has 8 aromatic rings. The maximum Gasteiger partial charge on any atom is 0.263 e. The predicted octanol–water partition coefficient (Wildman–Crippen LogP) is 5.56. The van der Waals surface area contributed by atoms with Gasteiger partial charge in [-0.3, -0.25) is 18.4 Å². The van der Waals surface area contributed by atoms with Gasteiger partial charge in [0.25, 0.3) is 11.1 Å². The molecule has 0 bridgehead atoms. The second-order valence-electron chi connectivity index (χ2n) is 9.91. The van der Waals surface area contributed by atoms with E-state index in [0.29, 0.717) is 0 Å². The molecule has 9 rings (SSSR count). The summed E-state index contributed by atoms with van der Waals surface area (Å²) in [5, 5.41) is 8.93. The van der Waals surface area contributed by atoms with Crippen LogP contribution in [0.25, 0.3) is 71.2 Å². The highest BCUT2D eigenvalue weighted by Gasteiger charge is 2.25. The normalized spacial score (nSPS) is 13.8. The van der Waals surface area contributed by atoms with Gasteiger partial charge in [0.2, 0.25) is 0 Å². The lowest BCUT2D eigenvalue weighted by Crippen LogP contribution is -2.22. The maximum atomic E-state index is 13.8. The van der Waals surface area contributed by atoms with E-state index in [1.807, 2.05) is 63.4 Å². The Morgan fingerprint density at radius 2 is 1.11 bits per heavy atom. The van der Waals surface area contributed by atoms with Crippen molar-refractivity contribution < 1.29 is 0 Å². The average Bonchev–Trinajstić information content (AvgIpc) is 3.45. The molecular formula is C32H18N2O2. The Labute approximate surface area is 203 Å². The molecule has 0 saturated heterocycles. The third kappa shape index (κ3) is 1.93. The summed E-state index contributed by atoms with van der Waals surface area (Å²) in [6.07, 6.45) is 4.07. The van der Waals surface area contributed by atoms with Gasteiger partial charge in [0, 0.05) is 37.5 Å². The monoisotopic (exact) mass is 462 g/mol. The lowest BCUT2D eigenvalue weighted by atomic mass is 9.96. The van der Waals surface area contributed by atoms with Crippen LogP contribution >= 0.6 is 0 Å². The Kier molecular flexibility index (Phi) is 3.15. The van der Waals surface area contributed by atoms with Gasteiger partial charge in [-0.05, 0) is 53.4 Å². The molecule has 4 heteroatoms. The van der Waals surface area contributed by atoms with Crippen LogP contribution in [-0.2, 0) is 6.42 Å². The van der Waals surface area contributed by atoms with Crippen LogP contribution in [0.1, 0.15) is 12.0 Å². The number of hydrogen-bond donors (Lipinski definition) is 0. The first-order valence-electron chi connectivity index (χ1n) is 12.4. The van der Waals surface area contributed by atoms with E-state index < -0.39 is 0 Å². The highest BCUT2D eigenvalue weighted by atomic mass is 16.1. The Bertz CT molecular complexity index is 2460. The van der Waals surface area contributed by atoms with Gasteiger partial charge < -0.3 is 0 Å². The first-order chi connectivity index (χ1) is 17.7. The SMILES string of the molecule is O=c1c2ccccc2c2c3c(c4c5c6cccc7c8ccccc8c(=O)n(c5ccc4n13)c76)CCC=2. The van der Waals surface area contributed by atoms with E-state index in [-0.39, 0.29) is 11.1 Å². The van der Waals surface area contributed by atoms with Crippen molar-refractivity contribution >= 4 is 71.2 Å². The summed E-state index contributed by atoms with van der Waals surface area (Å²) in [4.78, 5) is 27.6. The second-order valence-corrected chi connectivity index (χ2v) is 9.91. The summed E-state index contributed by atoms with van der Waals surface area (Å²) in [5.41, 5.74) is 5.05. The summed E-state index contributed by atoms with van der Waals surface area (Å²) in [7, 11) is 0. The predicted molar refractivity (Wildman–Crippen MR) is 148 cm³/mol. The van der Waals surface area contributed by atoms with Crippen LogP contribution in [0.5, 0.6) is 0 Å². The average molecular weight is 463 g/mol. The molecule has 0 unspecified atom stereocenters. The molecular weight excluding hydrogens is 444 g/mol. The van der Waals surface area contributed by atoms with Crippen LogP contribution in [0, 0.1) is 0 Å². The molecule has 4 aromatic carbocycles. The molecule has 0 N–H and O–H groups in total. The van der Waals surface area contributed by atoms with E-state index in [1.165, 1.54) is 5.56 Å². The van der Waals surface area contributed by atoms with Crippen molar-refractivity contribution in [3.8, 4) is 0 Å². The summed E-state index contributed by atoms with van der Waals surface area (Å²) < 4.78 is 3.81. The highest BCUT2D eigenvalue weighted by molar-refractivity contribution is 6.27. The molecule has 0 radical (unpaired) electrons. The van der Waals surface area contributed by atoms with Crippen LogP contribution in [-0.4, -0.2) is 8.80 Å². The third-order valence-electron chi connectivity index (χ3n) is 8.28. The molecule has 0 aliphatic heterocycles. The number of benzene rings is 4. The van der Waals surface area contributed by atoms with Gasteiger partial charge in [-0.2, -0.15) is 0 Å². The molecule has 0 saturated carbocycles. The summed E-state index contributed by atoms with van der Waals surface area (Å²) >= 11 is 0. The molecule has 0 spiro atoms. The maximum absolute atomic E-state index is 13.8. The van der Waals surface area contributed by atoms with E-state index in [4.69, 9.17) is 0 Å². The van der Waals surface area contributed by atoms with Gasteiger partial charge in [0.15, 0.2) is 0 Å². The van der Waals surface area contributed by atoms with E-state index in [1.54, 1.807) is 0 Å². The Balaban J connectivity index is 1.66. The van der Waals surface area contributed by atoms with E-state index in [9.17, 15) is 9.59 Å². The number of fused-ring (bicyclic) bond motifs is 11. The lowest BCUT2D eigenvalue weighted by molar-refractivity contribution is 1.03. The van der Waals surface area contributed by atoms with Crippen molar-refractivity contribution in [1.82, 2.24) is 8.80 Å².